The predicted molar refractivity (Wildman–Crippen MR) is 83.4 cm³/mol. The Morgan fingerprint density at radius 1 is 1.45 bits per heavy atom. The molecule has 120 valence electrons. The second kappa shape index (κ2) is 8.60. The third kappa shape index (κ3) is 4.72. The van der Waals surface area contributed by atoms with Gasteiger partial charge in [0.25, 0.3) is 0 Å². The molecule has 1 rings (SSSR count). The summed E-state index contributed by atoms with van der Waals surface area (Å²) in [4.78, 5) is 22.9. The van der Waals surface area contributed by atoms with Crippen molar-refractivity contribution in [2.45, 2.75) is 19.8 Å². The SMILES string of the molecule is CCCCN(C=O)CCOc1cc(N)c(C=N)cc1[N+](=O)[O-]. The van der Waals surface area contributed by atoms with Crippen molar-refractivity contribution in [3.05, 3.63) is 27.8 Å². The zero-order valence-electron chi connectivity index (χ0n) is 12.4. The first-order valence-corrected chi connectivity index (χ1v) is 6.94. The number of nitrogens with two attached hydrogens (primary N) is 1. The van der Waals surface area contributed by atoms with Crippen molar-refractivity contribution in [3.8, 4) is 5.75 Å². The van der Waals surface area contributed by atoms with Crippen LogP contribution in [0.15, 0.2) is 12.1 Å². The van der Waals surface area contributed by atoms with E-state index in [0.717, 1.165) is 25.5 Å². The van der Waals surface area contributed by atoms with E-state index in [-0.39, 0.29) is 29.3 Å². The van der Waals surface area contributed by atoms with E-state index in [9.17, 15) is 14.9 Å². The summed E-state index contributed by atoms with van der Waals surface area (Å²) in [6, 6.07) is 2.53. The van der Waals surface area contributed by atoms with Crippen molar-refractivity contribution >= 4 is 24.0 Å². The highest BCUT2D eigenvalue weighted by atomic mass is 16.6. The number of ether oxygens (including phenoxy) is 1. The number of nitrogens with zero attached hydrogens (tertiary/aromatic N) is 2. The lowest BCUT2D eigenvalue weighted by Gasteiger charge is -2.17. The van der Waals surface area contributed by atoms with E-state index >= 15 is 0 Å². The van der Waals surface area contributed by atoms with Crippen LogP contribution in [0.5, 0.6) is 5.75 Å². The van der Waals surface area contributed by atoms with Gasteiger partial charge in [0.2, 0.25) is 6.41 Å². The predicted octanol–water partition coefficient (Wildman–Crippen LogP) is 1.81. The van der Waals surface area contributed by atoms with Crippen LogP contribution < -0.4 is 10.5 Å². The quantitative estimate of drug-likeness (QED) is 0.224. The maximum Gasteiger partial charge on any atom is 0.311 e. The Morgan fingerprint density at radius 3 is 2.73 bits per heavy atom. The van der Waals surface area contributed by atoms with Crippen LogP contribution >= 0.6 is 0 Å². The Hall–Kier alpha value is -2.64. The molecule has 0 spiro atoms. The maximum absolute atomic E-state index is 11.0. The lowest BCUT2D eigenvalue weighted by molar-refractivity contribution is -0.385. The first kappa shape index (κ1) is 17.4. The molecular weight excluding hydrogens is 288 g/mol. The second-order valence-electron chi connectivity index (χ2n) is 4.69. The van der Waals surface area contributed by atoms with Gasteiger partial charge in [-0.1, -0.05) is 13.3 Å². The summed E-state index contributed by atoms with van der Waals surface area (Å²) in [5.74, 6) is 0.0365. The van der Waals surface area contributed by atoms with E-state index in [1.807, 2.05) is 6.92 Å². The van der Waals surface area contributed by atoms with Crippen LogP contribution in [-0.2, 0) is 4.79 Å². The summed E-state index contributed by atoms with van der Waals surface area (Å²) in [7, 11) is 0. The summed E-state index contributed by atoms with van der Waals surface area (Å²) < 4.78 is 5.39. The van der Waals surface area contributed by atoms with Crippen LogP contribution in [0.3, 0.4) is 0 Å². The van der Waals surface area contributed by atoms with Gasteiger partial charge in [-0.25, -0.2) is 0 Å². The Balaban J connectivity index is 2.76. The van der Waals surface area contributed by atoms with Crippen LogP contribution in [0.2, 0.25) is 0 Å². The van der Waals surface area contributed by atoms with Gasteiger partial charge in [0.1, 0.15) is 6.61 Å². The summed E-state index contributed by atoms with van der Waals surface area (Å²) in [6.45, 7) is 3.12. The van der Waals surface area contributed by atoms with Crippen molar-refractivity contribution in [3.63, 3.8) is 0 Å². The van der Waals surface area contributed by atoms with Gasteiger partial charge < -0.3 is 20.8 Å². The van der Waals surface area contributed by atoms with E-state index in [1.54, 1.807) is 4.90 Å². The van der Waals surface area contributed by atoms with Gasteiger partial charge in [-0.15, -0.1) is 0 Å². The van der Waals surface area contributed by atoms with Crippen LogP contribution in [-0.4, -0.2) is 42.1 Å². The van der Waals surface area contributed by atoms with Crippen LogP contribution in [0.25, 0.3) is 0 Å². The molecule has 0 aliphatic rings. The van der Waals surface area contributed by atoms with Gasteiger partial charge in [0.15, 0.2) is 5.75 Å². The van der Waals surface area contributed by atoms with Crippen molar-refractivity contribution in [2.75, 3.05) is 25.4 Å². The zero-order valence-corrected chi connectivity index (χ0v) is 12.4. The lowest BCUT2D eigenvalue weighted by Crippen LogP contribution is -2.28. The van der Waals surface area contributed by atoms with Gasteiger partial charge in [0, 0.05) is 36.1 Å². The third-order valence-corrected chi connectivity index (χ3v) is 3.10. The largest absolute Gasteiger partial charge is 0.485 e. The summed E-state index contributed by atoms with van der Waals surface area (Å²) in [6.07, 6.45) is 3.54. The second-order valence-corrected chi connectivity index (χ2v) is 4.69. The van der Waals surface area contributed by atoms with E-state index in [0.29, 0.717) is 13.1 Å². The van der Waals surface area contributed by atoms with Crippen LogP contribution in [0.4, 0.5) is 11.4 Å². The standard InChI is InChI=1S/C14H20N4O4/c1-2-3-4-17(10-19)5-6-22-14-8-12(16)11(9-15)7-13(14)18(20)21/h7-10,15H,2-6,16H2,1H3. The zero-order chi connectivity index (χ0) is 16.5. The molecule has 8 heteroatoms. The molecule has 0 aromatic heterocycles. The fraction of sp³-hybridized carbons (Fsp3) is 0.429. The molecule has 0 saturated heterocycles. The van der Waals surface area contributed by atoms with E-state index < -0.39 is 4.92 Å². The molecule has 0 fully saturated rings. The van der Waals surface area contributed by atoms with Gasteiger partial charge >= 0.3 is 5.69 Å². The minimum atomic E-state index is -0.587. The molecule has 22 heavy (non-hydrogen) atoms. The van der Waals surface area contributed by atoms with E-state index in [2.05, 4.69) is 0 Å². The molecule has 0 unspecified atom stereocenters. The fourth-order valence-corrected chi connectivity index (χ4v) is 1.83. The molecule has 0 bridgehead atoms. The number of hydrogen-bond donors (Lipinski definition) is 2. The summed E-state index contributed by atoms with van der Waals surface area (Å²) >= 11 is 0. The number of nitrogen functional groups attached to an aromatic ring is 1. The fourth-order valence-electron chi connectivity index (χ4n) is 1.83. The number of nitro benzene ring substituents is 1. The topological polar surface area (TPSA) is 123 Å². The van der Waals surface area contributed by atoms with Crippen LogP contribution in [0.1, 0.15) is 25.3 Å². The Bertz CT molecular complexity index is 548. The molecule has 0 saturated carbocycles. The number of rotatable bonds is 10. The van der Waals surface area contributed by atoms with Gasteiger partial charge in [-0.05, 0) is 6.42 Å². The number of nitro groups is 1. The number of carbonyl (C=O) groups is 1. The maximum atomic E-state index is 11.0. The minimum Gasteiger partial charge on any atom is -0.485 e. The normalized spacial score (nSPS) is 10.0. The Labute approximate surface area is 128 Å². The van der Waals surface area contributed by atoms with Gasteiger partial charge in [-0.3, -0.25) is 14.9 Å². The van der Waals surface area contributed by atoms with Crippen molar-refractivity contribution in [2.24, 2.45) is 0 Å². The molecule has 0 atom stereocenters. The number of unbranched alkanes of at least 4 members (excludes halogenated alkanes) is 1. The average molecular weight is 308 g/mol. The molecule has 3 N–H and O–H groups in total. The molecule has 0 radical (unpaired) electrons. The highest BCUT2D eigenvalue weighted by Crippen LogP contribution is 2.31. The monoisotopic (exact) mass is 308 g/mol. The van der Waals surface area contributed by atoms with Crippen molar-refractivity contribution in [1.29, 1.82) is 5.41 Å². The number of carbonyl (C=O) groups excluding carboxylic acids is 1. The lowest BCUT2D eigenvalue weighted by atomic mass is 10.1. The molecule has 1 aromatic rings. The molecule has 8 nitrogen and oxygen atoms in total. The molecule has 0 aliphatic heterocycles. The average Bonchev–Trinajstić information content (AvgIpc) is 2.50. The number of nitrogens with one attached hydrogen (secondary N) is 1. The summed E-state index contributed by atoms with van der Waals surface area (Å²) in [5.41, 5.74) is 5.94. The highest BCUT2D eigenvalue weighted by molar-refractivity contribution is 5.87. The van der Waals surface area contributed by atoms with Gasteiger partial charge in [0.05, 0.1) is 11.5 Å². The van der Waals surface area contributed by atoms with E-state index in [1.165, 1.54) is 12.1 Å². The third-order valence-electron chi connectivity index (χ3n) is 3.10. The number of hydrogen-bond acceptors (Lipinski definition) is 6. The molecular formula is C14H20N4O4. The first-order valence-electron chi connectivity index (χ1n) is 6.94. The first-order chi connectivity index (χ1) is 10.5. The molecule has 1 aromatic carbocycles. The number of benzene rings is 1. The number of anilines is 1. The molecule has 0 heterocycles. The number of amides is 1. The van der Waals surface area contributed by atoms with Crippen molar-refractivity contribution < 1.29 is 14.5 Å². The summed E-state index contributed by atoms with van der Waals surface area (Å²) in [5, 5.41) is 18.2. The van der Waals surface area contributed by atoms with Crippen LogP contribution in [0, 0.1) is 15.5 Å². The van der Waals surface area contributed by atoms with Gasteiger partial charge in [-0.2, -0.15) is 0 Å². The smallest absolute Gasteiger partial charge is 0.311 e. The molecule has 1 amide bonds. The minimum absolute atomic E-state index is 0.0365. The Morgan fingerprint density at radius 2 is 2.18 bits per heavy atom. The van der Waals surface area contributed by atoms with E-state index in [4.69, 9.17) is 15.9 Å². The Kier molecular flexibility index (Phi) is 6.81. The molecule has 0 aliphatic carbocycles. The highest BCUT2D eigenvalue weighted by Gasteiger charge is 2.18. The van der Waals surface area contributed by atoms with Crippen molar-refractivity contribution in [1.82, 2.24) is 4.90 Å².